The van der Waals surface area contributed by atoms with Crippen LogP contribution in [0.25, 0.3) is 55.9 Å². The molecule has 7 aromatic carbocycles. The highest BCUT2D eigenvalue weighted by molar-refractivity contribution is 5.89. The van der Waals surface area contributed by atoms with Crippen molar-refractivity contribution in [3.8, 4) is 67.4 Å². The highest BCUT2D eigenvalue weighted by Crippen LogP contribution is 2.62. The third kappa shape index (κ3) is 5.05. The maximum Gasteiger partial charge on any atom is 0.136 e. The lowest BCUT2D eigenvalue weighted by Gasteiger charge is -2.39. The van der Waals surface area contributed by atoms with Gasteiger partial charge < -0.3 is 4.74 Å². The molecule has 0 fully saturated rings. The van der Waals surface area contributed by atoms with Crippen LogP contribution in [0, 0.1) is 0 Å². The number of hydrogen-bond donors (Lipinski definition) is 0. The Labute approximate surface area is 327 Å². The lowest BCUT2D eigenvalue weighted by Crippen LogP contribution is -2.32. The number of aromatic nitrogens is 2. The molecule has 0 saturated carbocycles. The summed E-state index contributed by atoms with van der Waals surface area (Å²) < 4.78 is 6.79. The number of benzene rings is 7. The third-order valence-corrected chi connectivity index (χ3v) is 11.7. The number of nitrogens with zero attached hydrogens (tertiary/aromatic N) is 2. The van der Waals surface area contributed by atoms with Crippen LogP contribution in [0.1, 0.15) is 40.4 Å². The van der Waals surface area contributed by atoms with Crippen molar-refractivity contribution in [3.05, 3.63) is 228 Å². The van der Waals surface area contributed by atoms with Gasteiger partial charge in [-0.15, -0.1) is 0 Å². The molecule has 3 aliphatic rings. The molecule has 0 N–H and O–H groups in total. The molecule has 0 radical (unpaired) electrons. The monoisotopic (exact) mass is 716 g/mol. The molecule has 1 spiro atoms. The van der Waals surface area contributed by atoms with Crippen LogP contribution < -0.4 is 4.74 Å². The molecule has 8 aromatic rings. The van der Waals surface area contributed by atoms with Gasteiger partial charge in [-0.25, -0.2) is 9.97 Å². The smallest absolute Gasteiger partial charge is 0.136 e. The Hall–Kier alpha value is -7.10. The van der Waals surface area contributed by atoms with Gasteiger partial charge in [0.15, 0.2) is 0 Å². The summed E-state index contributed by atoms with van der Waals surface area (Å²) in [6.07, 6.45) is 9.48. The first kappa shape index (κ1) is 32.3. The molecule has 2 heterocycles. The Morgan fingerprint density at radius 2 is 1.02 bits per heavy atom. The standard InChI is InChI=1S/C53H36N2O/c1-3-15-36(16-4-1)40-19-7-8-22-43(40)49-34-48(54-52(55-49)38-17-5-2-6-18-38)37-29-27-35(28-30-37)39-31-32-47-51(33-39)56-50-26-14-13-25-46(50)53(47)44-23-11-9-20-41(44)42-21-10-12-24-45(42)53/h1-17,19-34,38H,18H2. The van der Waals surface area contributed by atoms with E-state index < -0.39 is 5.41 Å². The van der Waals surface area contributed by atoms with E-state index in [0.717, 1.165) is 68.5 Å². The molecule has 3 heteroatoms. The van der Waals surface area contributed by atoms with Gasteiger partial charge >= 0.3 is 0 Å². The average molecular weight is 717 g/mol. The van der Waals surface area contributed by atoms with Gasteiger partial charge in [-0.05, 0) is 69.1 Å². The Morgan fingerprint density at radius 1 is 0.429 bits per heavy atom. The zero-order valence-electron chi connectivity index (χ0n) is 30.6. The first-order chi connectivity index (χ1) is 27.8. The predicted octanol–water partition coefficient (Wildman–Crippen LogP) is 13.2. The van der Waals surface area contributed by atoms with Crippen LogP contribution in [0.3, 0.4) is 0 Å². The number of fused-ring (bicyclic) bond motifs is 9. The van der Waals surface area contributed by atoms with E-state index >= 15 is 0 Å². The predicted molar refractivity (Wildman–Crippen MR) is 227 cm³/mol. The molecule has 3 nitrogen and oxygen atoms in total. The van der Waals surface area contributed by atoms with E-state index in [1.54, 1.807) is 0 Å². The van der Waals surface area contributed by atoms with Gasteiger partial charge in [0.1, 0.15) is 17.3 Å². The van der Waals surface area contributed by atoms with Gasteiger partial charge in [-0.1, -0.05) is 182 Å². The minimum absolute atomic E-state index is 0.115. The SMILES string of the molecule is C1=CCC(c2nc(-c3ccc(-c4ccc5c(c4)Oc4ccccc4C54c5ccccc5-c5ccccc54)cc3)cc(-c3ccccc3-c3ccccc3)n2)C=C1. The second kappa shape index (κ2) is 13.0. The summed E-state index contributed by atoms with van der Waals surface area (Å²) in [5.41, 5.74) is 15.5. The Morgan fingerprint density at radius 3 is 1.75 bits per heavy atom. The topological polar surface area (TPSA) is 35.0 Å². The largest absolute Gasteiger partial charge is 0.457 e. The van der Waals surface area contributed by atoms with Gasteiger partial charge in [-0.3, -0.25) is 0 Å². The van der Waals surface area contributed by atoms with E-state index in [1.807, 2.05) is 0 Å². The van der Waals surface area contributed by atoms with Crippen LogP contribution in [-0.2, 0) is 5.41 Å². The van der Waals surface area contributed by atoms with E-state index in [9.17, 15) is 0 Å². The van der Waals surface area contributed by atoms with Crippen LogP contribution in [-0.4, -0.2) is 9.97 Å². The number of para-hydroxylation sites is 1. The maximum absolute atomic E-state index is 6.79. The molecular formula is C53H36N2O. The minimum Gasteiger partial charge on any atom is -0.457 e. The normalized spacial score (nSPS) is 15.4. The van der Waals surface area contributed by atoms with Crippen LogP contribution in [0.4, 0.5) is 0 Å². The molecule has 56 heavy (non-hydrogen) atoms. The highest BCUT2D eigenvalue weighted by atomic mass is 16.5. The van der Waals surface area contributed by atoms with E-state index in [1.165, 1.54) is 33.4 Å². The Balaban J connectivity index is 1.00. The molecule has 264 valence electrons. The number of ether oxygens (including phenoxy) is 1. The molecule has 1 aliphatic heterocycles. The fourth-order valence-electron chi connectivity index (χ4n) is 9.14. The summed E-state index contributed by atoms with van der Waals surface area (Å²) in [7, 11) is 0. The van der Waals surface area contributed by atoms with Crippen molar-refractivity contribution in [1.29, 1.82) is 0 Å². The fraction of sp³-hybridized carbons (Fsp3) is 0.0566. The molecule has 2 aliphatic carbocycles. The molecule has 1 atom stereocenters. The van der Waals surface area contributed by atoms with E-state index in [0.29, 0.717) is 0 Å². The number of rotatable bonds is 5. The maximum atomic E-state index is 6.79. The van der Waals surface area contributed by atoms with Crippen molar-refractivity contribution in [3.63, 3.8) is 0 Å². The zero-order chi connectivity index (χ0) is 37.1. The van der Waals surface area contributed by atoms with Crippen LogP contribution in [0.2, 0.25) is 0 Å². The van der Waals surface area contributed by atoms with Crippen molar-refractivity contribution in [1.82, 2.24) is 9.97 Å². The van der Waals surface area contributed by atoms with E-state index in [2.05, 4.69) is 200 Å². The fourth-order valence-corrected chi connectivity index (χ4v) is 9.14. The number of hydrogen-bond acceptors (Lipinski definition) is 3. The molecule has 1 unspecified atom stereocenters. The van der Waals surface area contributed by atoms with Gasteiger partial charge in [0, 0.05) is 28.2 Å². The quantitative estimate of drug-likeness (QED) is 0.178. The van der Waals surface area contributed by atoms with Crippen molar-refractivity contribution < 1.29 is 4.74 Å². The van der Waals surface area contributed by atoms with Gasteiger partial charge in [-0.2, -0.15) is 0 Å². The summed E-state index contributed by atoms with van der Waals surface area (Å²) >= 11 is 0. The van der Waals surface area contributed by atoms with Crippen LogP contribution >= 0.6 is 0 Å². The first-order valence-corrected chi connectivity index (χ1v) is 19.3. The summed E-state index contributed by atoms with van der Waals surface area (Å²) in [4.78, 5) is 10.4. The minimum atomic E-state index is -0.468. The summed E-state index contributed by atoms with van der Waals surface area (Å²) in [6.45, 7) is 0. The van der Waals surface area contributed by atoms with E-state index in [-0.39, 0.29) is 5.92 Å². The van der Waals surface area contributed by atoms with Crippen molar-refractivity contribution in [2.45, 2.75) is 17.8 Å². The summed E-state index contributed by atoms with van der Waals surface area (Å²) in [5, 5.41) is 0. The Bertz CT molecular complexity index is 2820. The van der Waals surface area contributed by atoms with Crippen molar-refractivity contribution in [2.24, 2.45) is 0 Å². The molecule has 0 bridgehead atoms. The van der Waals surface area contributed by atoms with Crippen molar-refractivity contribution >= 4 is 0 Å². The molecule has 11 rings (SSSR count). The molecule has 0 saturated heterocycles. The van der Waals surface area contributed by atoms with Gasteiger partial charge in [0.25, 0.3) is 0 Å². The highest BCUT2D eigenvalue weighted by Gasteiger charge is 2.50. The van der Waals surface area contributed by atoms with E-state index in [4.69, 9.17) is 14.7 Å². The lowest BCUT2D eigenvalue weighted by atomic mass is 9.66. The summed E-state index contributed by atoms with van der Waals surface area (Å²) in [6, 6.07) is 63.0. The van der Waals surface area contributed by atoms with Gasteiger partial charge in [0.05, 0.1) is 16.8 Å². The summed E-state index contributed by atoms with van der Waals surface area (Å²) in [5.74, 6) is 2.73. The second-order valence-electron chi connectivity index (χ2n) is 14.8. The molecule has 1 aromatic heterocycles. The average Bonchev–Trinajstić information content (AvgIpc) is 3.57. The zero-order valence-corrected chi connectivity index (χ0v) is 30.6. The molecule has 0 amide bonds. The van der Waals surface area contributed by atoms with Crippen molar-refractivity contribution in [2.75, 3.05) is 0 Å². The molecular weight excluding hydrogens is 681 g/mol. The second-order valence-corrected chi connectivity index (χ2v) is 14.8. The van der Waals surface area contributed by atoms with Gasteiger partial charge in [0.2, 0.25) is 0 Å². The lowest BCUT2D eigenvalue weighted by molar-refractivity contribution is 0.436. The van der Waals surface area contributed by atoms with Crippen LogP contribution in [0.15, 0.2) is 200 Å². The Kier molecular flexibility index (Phi) is 7.53. The number of allylic oxidation sites excluding steroid dienone is 4. The van der Waals surface area contributed by atoms with Crippen LogP contribution in [0.5, 0.6) is 11.5 Å². The third-order valence-electron chi connectivity index (χ3n) is 11.7. The first-order valence-electron chi connectivity index (χ1n) is 19.3.